The average molecular weight is 416 g/mol. The molecule has 1 aliphatic rings. The van der Waals surface area contributed by atoms with Gasteiger partial charge in [0.05, 0.1) is 19.3 Å². The summed E-state index contributed by atoms with van der Waals surface area (Å²) in [4.78, 5) is 27.9. The first-order valence-electron chi connectivity index (χ1n) is 10.0. The van der Waals surface area contributed by atoms with Crippen LogP contribution in [0.5, 0.6) is 5.75 Å². The Bertz CT molecular complexity index is 1100. The molecule has 2 N–H and O–H groups in total. The summed E-state index contributed by atoms with van der Waals surface area (Å²) in [5, 5.41) is 14.2. The molecule has 0 spiro atoms. The SMILES string of the molecule is COc1ccc(N[C@@]2([C@@H](O)C(C)=O)C(=O)N(Cc3ccccc3)c3ccccc32)cc1. The Labute approximate surface area is 181 Å². The van der Waals surface area contributed by atoms with Crippen molar-refractivity contribution in [3.8, 4) is 5.75 Å². The summed E-state index contributed by atoms with van der Waals surface area (Å²) in [6.45, 7) is 1.62. The molecule has 6 nitrogen and oxygen atoms in total. The first-order valence-corrected chi connectivity index (χ1v) is 10.0. The predicted octanol–water partition coefficient (Wildman–Crippen LogP) is 3.50. The Balaban J connectivity index is 1.83. The van der Waals surface area contributed by atoms with Crippen molar-refractivity contribution in [1.29, 1.82) is 0 Å². The van der Waals surface area contributed by atoms with Crippen LogP contribution in [0, 0.1) is 0 Å². The number of nitrogens with one attached hydrogen (secondary N) is 1. The monoisotopic (exact) mass is 416 g/mol. The van der Waals surface area contributed by atoms with Gasteiger partial charge in [-0.2, -0.15) is 0 Å². The number of nitrogens with zero attached hydrogens (tertiary/aromatic N) is 1. The lowest BCUT2D eigenvalue weighted by Crippen LogP contribution is -2.56. The number of hydrogen-bond donors (Lipinski definition) is 2. The number of aliphatic hydroxyl groups excluding tert-OH is 1. The molecule has 158 valence electrons. The lowest BCUT2D eigenvalue weighted by molar-refractivity contribution is -0.136. The molecule has 1 aliphatic heterocycles. The van der Waals surface area contributed by atoms with Gasteiger partial charge < -0.3 is 20.1 Å². The van der Waals surface area contributed by atoms with Crippen molar-refractivity contribution in [2.24, 2.45) is 0 Å². The van der Waals surface area contributed by atoms with Gasteiger partial charge >= 0.3 is 0 Å². The lowest BCUT2D eigenvalue weighted by atomic mass is 9.83. The molecule has 6 heteroatoms. The summed E-state index contributed by atoms with van der Waals surface area (Å²) < 4.78 is 5.20. The molecule has 0 aromatic heterocycles. The van der Waals surface area contributed by atoms with Gasteiger partial charge in [-0.1, -0.05) is 48.5 Å². The second kappa shape index (κ2) is 8.24. The molecule has 0 saturated carbocycles. The molecule has 0 aliphatic carbocycles. The van der Waals surface area contributed by atoms with Crippen LogP contribution in [0.15, 0.2) is 78.9 Å². The van der Waals surface area contributed by atoms with Gasteiger partial charge in [0.2, 0.25) is 0 Å². The summed E-state index contributed by atoms with van der Waals surface area (Å²) in [6, 6.07) is 23.9. The fourth-order valence-corrected chi connectivity index (χ4v) is 4.06. The minimum atomic E-state index is -1.63. The van der Waals surface area contributed by atoms with E-state index in [0.29, 0.717) is 29.2 Å². The van der Waals surface area contributed by atoms with Gasteiger partial charge in [0.15, 0.2) is 11.3 Å². The maximum Gasteiger partial charge on any atom is 0.260 e. The van der Waals surface area contributed by atoms with Crippen LogP contribution in [0.3, 0.4) is 0 Å². The first kappa shape index (κ1) is 20.6. The van der Waals surface area contributed by atoms with Crippen LogP contribution in [0.2, 0.25) is 0 Å². The number of amides is 1. The number of benzene rings is 3. The number of aliphatic hydroxyl groups is 1. The van der Waals surface area contributed by atoms with Crippen LogP contribution in [-0.4, -0.2) is 30.0 Å². The quantitative estimate of drug-likeness (QED) is 0.616. The van der Waals surface area contributed by atoms with E-state index in [0.717, 1.165) is 5.56 Å². The molecule has 0 radical (unpaired) electrons. The minimum absolute atomic E-state index is 0.327. The number of para-hydroxylation sites is 1. The second-order valence-electron chi connectivity index (χ2n) is 7.57. The number of carbonyl (C=O) groups excluding carboxylic acids is 2. The van der Waals surface area contributed by atoms with Crippen molar-refractivity contribution in [3.63, 3.8) is 0 Å². The lowest BCUT2D eigenvalue weighted by Gasteiger charge is -2.34. The topological polar surface area (TPSA) is 78.9 Å². The van der Waals surface area contributed by atoms with Crippen molar-refractivity contribution < 1.29 is 19.4 Å². The summed E-state index contributed by atoms with van der Waals surface area (Å²) in [7, 11) is 1.57. The van der Waals surface area contributed by atoms with Crippen LogP contribution < -0.4 is 15.0 Å². The summed E-state index contributed by atoms with van der Waals surface area (Å²) in [5.41, 5.74) is 1.13. The van der Waals surface area contributed by atoms with Crippen molar-refractivity contribution >= 4 is 23.1 Å². The number of ketones is 1. The number of carbonyl (C=O) groups is 2. The Morgan fingerprint density at radius 2 is 1.68 bits per heavy atom. The normalized spacial score (nSPS) is 18.4. The largest absolute Gasteiger partial charge is 0.497 e. The van der Waals surface area contributed by atoms with E-state index in [1.165, 1.54) is 6.92 Å². The van der Waals surface area contributed by atoms with Gasteiger partial charge in [-0.15, -0.1) is 0 Å². The standard InChI is InChI=1S/C25H24N2O4/c1-17(28)23(29)25(26-19-12-14-20(31-2)15-13-19)21-10-6-7-11-22(21)27(24(25)30)16-18-8-4-3-5-9-18/h3-15,23,26,29H,16H2,1-2H3/t23-,25-/m0/s1. The van der Waals surface area contributed by atoms with Gasteiger partial charge in [0, 0.05) is 11.3 Å². The summed E-state index contributed by atoms with van der Waals surface area (Å²) >= 11 is 0. The highest BCUT2D eigenvalue weighted by Gasteiger charge is 2.57. The zero-order chi connectivity index (χ0) is 22.0. The first-order chi connectivity index (χ1) is 15.0. The van der Waals surface area contributed by atoms with Gasteiger partial charge in [-0.3, -0.25) is 9.59 Å². The van der Waals surface area contributed by atoms with E-state index in [9.17, 15) is 14.7 Å². The highest BCUT2D eigenvalue weighted by Crippen LogP contribution is 2.45. The number of ether oxygens (including phenoxy) is 1. The molecule has 1 heterocycles. The highest BCUT2D eigenvalue weighted by atomic mass is 16.5. The Kier molecular flexibility index (Phi) is 5.48. The van der Waals surface area contributed by atoms with E-state index < -0.39 is 17.4 Å². The number of anilines is 2. The maximum absolute atomic E-state index is 13.9. The molecule has 3 aromatic rings. The molecule has 0 saturated heterocycles. The van der Waals surface area contributed by atoms with E-state index in [4.69, 9.17) is 4.74 Å². The molecule has 0 fully saturated rings. The zero-order valence-corrected chi connectivity index (χ0v) is 17.4. The smallest absolute Gasteiger partial charge is 0.260 e. The number of Topliss-reactive ketones (excluding diaryl/α,β-unsaturated/α-hetero) is 1. The number of rotatable bonds is 7. The van der Waals surface area contributed by atoms with Crippen molar-refractivity contribution in [2.75, 3.05) is 17.3 Å². The molecular weight excluding hydrogens is 392 g/mol. The molecule has 4 rings (SSSR count). The van der Waals surface area contributed by atoms with E-state index in [-0.39, 0.29) is 5.91 Å². The Morgan fingerprint density at radius 3 is 2.32 bits per heavy atom. The molecular formula is C25H24N2O4. The fourth-order valence-electron chi connectivity index (χ4n) is 4.06. The Hall–Kier alpha value is -3.64. The van der Waals surface area contributed by atoms with Gasteiger partial charge in [0.25, 0.3) is 5.91 Å². The molecule has 1 amide bonds. The maximum atomic E-state index is 13.9. The van der Waals surface area contributed by atoms with Crippen LogP contribution in [0.1, 0.15) is 18.1 Å². The number of hydrogen-bond acceptors (Lipinski definition) is 5. The van der Waals surface area contributed by atoms with Gasteiger partial charge in [-0.25, -0.2) is 0 Å². The van der Waals surface area contributed by atoms with E-state index in [1.807, 2.05) is 42.5 Å². The molecule has 31 heavy (non-hydrogen) atoms. The second-order valence-corrected chi connectivity index (χ2v) is 7.57. The van der Waals surface area contributed by atoms with Crippen LogP contribution in [0.25, 0.3) is 0 Å². The third-order valence-corrected chi connectivity index (χ3v) is 5.61. The zero-order valence-electron chi connectivity index (χ0n) is 17.4. The van der Waals surface area contributed by atoms with Crippen molar-refractivity contribution in [2.45, 2.75) is 25.1 Å². The van der Waals surface area contributed by atoms with E-state index in [2.05, 4.69) is 5.32 Å². The van der Waals surface area contributed by atoms with Crippen LogP contribution >= 0.6 is 0 Å². The third kappa shape index (κ3) is 3.55. The summed E-state index contributed by atoms with van der Waals surface area (Å²) in [5.74, 6) is -0.211. The van der Waals surface area contributed by atoms with Crippen molar-refractivity contribution in [3.05, 3.63) is 90.0 Å². The molecule has 0 unspecified atom stereocenters. The molecule has 0 bridgehead atoms. The predicted molar refractivity (Wildman–Crippen MR) is 119 cm³/mol. The van der Waals surface area contributed by atoms with E-state index >= 15 is 0 Å². The molecule has 2 atom stereocenters. The fraction of sp³-hybridized carbons (Fsp3) is 0.200. The molecule has 3 aromatic carbocycles. The van der Waals surface area contributed by atoms with Crippen molar-refractivity contribution in [1.82, 2.24) is 0 Å². The number of fused-ring (bicyclic) bond motifs is 1. The van der Waals surface area contributed by atoms with Gasteiger partial charge in [-0.05, 0) is 42.8 Å². The van der Waals surface area contributed by atoms with E-state index in [1.54, 1.807) is 48.4 Å². The van der Waals surface area contributed by atoms with Crippen LogP contribution in [0.4, 0.5) is 11.4 Å². The average Bonchev–Trinajstić information content (AvgIpc) is 3.03. The Morgan fingerprint density at radius 1 is 1.03 bits per heavy atom. The third-order valence-electron chi connectivity index (χ3n) is 5.61. The number of methoxy groups -OCH3 is 1. The minimum Gasteiger partial charge on any atom is -0.497 e. The van der Waals surface area contributed by atoms with Gasteiger partial charge in [0.1, 0.15) is 11.9 Å². The summed E-state index contributed by atoms with van der Waals surface area (Å²) in [6.07, 6.45) is -1.57. The van der Waals surface area contributed by atoms with Crippen LogP contribution in [-0.2, 0) is 21.7 Å². The highest BCUT2D eigenvalue weighted by molar-refractivity contribution is 6.12.